The summed E-state index contributed by atoms with van der Waals surface area (Å²) in [5.41, 5.74) is 1.17. The van der Waals surface area contributed by atoms with Crippen LogP contribution in [0.1, 0.15) is 12.5 Å². The van der Waals surface area contributed by atoms with E-state index in [9.17, 15) is 23.6 Å². The molecule has 5 rings (SSSR count). The van der Waals surface area contributed by atoms with Gasteiger partial charge in [0.05, 0.1) is 29.8 Å². The molecular formula is C27H20F2N4O5. The van der Waals surface area contributed by atoms with Gasteiger partial charge in [-0.2, -0.15) is 10.4 Å². The fraction of sp³-hybridized carbons (Fsp3) is 0.185. The summed E-state index contributed by atoms with van der Waals surface area (Å²) in [5.74, 6) is -0.409. The summed E-state index contributed by atoms with van der Waals surface area (Å²) in [5, 5.41) is 14.6. The minimum atomic E-state index is -3.79. The minimum Gasteiger partial charge on any atom is -0.497 e. The monoisotopic (exact) mass is 518 g/mol. The van der Waals surface area contributed by atoms with Crippen molar-refractivity contribution in [2.24, 2.45) is 0 Å². The van der Waals surface area contributed by atoms with Gasteiger partial charge in [0.25, 0.3) is 5.56 Å². The fourth-order valence-electron chi connectivity index (χ4n) is 4.27. The quantitative estimate of drug-likeness (QED) is 0.374. The van der Waals surface area contributed by atoms with E-state index in [0.29, 0.717) is 28.0 Å². The van der Waals surface area contributed by atoms with Gasteiger partial charge in [-0.05, 0) is 49.4 Å². The van der Waals surface area contributed by atoms with Crippen molar-refractivity contribution in [3.63, 3.8) is 0 Å². The van der Waals surface area contributed by atoms with Crippen LogP contribution in [-0.2, 0) is 11.3 Å². The predicted molar refractivity (Wildman–Crippen MR) is 133 cm³/mol. The number of fused-ring (bicyclic) bond motifs is 2. The lowest BCUT2D eigenvalue weighted by Gasteiger charge is -2.22. The molecule has 0 spiro atoms. The van der Waals surface area contributed by atoms with Crippen molar-refractivity contribution < 1.29 is 27.8 Å². The van der Waals surface area contributed by atoms with Crippen molar-refractivity contribution in [1.82, 2.24) is 9.78 Å². The van der Waals surface area contributed by atoms with E-state index in [0.717, 1.165) is 4.68 Å². The van der Waals surface area contributed by atoms with Gasteiger partial charge in [-0.25, -0.2) is 4.68 Å². The van der Waals surface area contributed by atoms with Gasteiger partial charge in [0, 0.05) is 29.2 Å². The zero-order valence-electron chi connectivity index (χ0n) is 20.3. The number of carbonyl (C=O) groups excluding carboxylic acids is 1. The number of amides is 1. The molecule has 0 bridgehead atoms. The molecule has 0 fully saturated rings. The van der Waals surface area contributed by atoms with Crippen LogP contribution in [0.2, 0.25) is 0 Å². The van der Waals surface area contributed by atoms with E-state index in [1.165, 1.54) is 30.2 Å². The van der Waals surface area contributed by atoms with Gasteiger partial charge in [0.2, 0.25) is 5.91 Å². The van der Waals surface area contributed by atoms with Crippen molar-refractivity contribution in [2.75, 3.05) is 18.6 Å². The molecule has 2 heterocycles. The van der Waals surface area contributed by atoms with Crippen molar-refractivity contribution in [3.8, 4) is 34.6 Å². The van der Waals surface area contributed by atoms with Crippen LogP contribution in [0.3, 0.4) is 0 Å². The number of nitrogens with zero attached hydrogens (tertiary/aromatic N) is 4. The maximum absolute atomic E-state index is 13.5. The molecule has 0 atom stereocenters. The second-order valence-corrected chi connectivity index (χ2v) is 8.35. The van der Waals surface area contributed by atoms with E-state index >= 15 is 0 Å². The number of nitriles is 1. The SMILES string of the molecule is CCN(C(=O)Cn1nc(-c2cccc(C#N)c2)c2ccc(OC)cc2c1=O)c1ccc2c(c1)OC(F)(F)O2. The van der Waals surface area contributed by atoms with Crippen LogP contribution in [0.15, 0.2) is 65.5 Å². The number of carbonyl (C=O) groups is 1. The van der Waals surface area contributed by atoms with Gasteiger partial charge in [-0.3, -0.25) is 9.59 Å². The molecule has 0 aliphatic carbocycles. The molecule has 0 unspecified atom stereocenters. The lowest BCUT2D eigenvalue weighted by atomic mass is 10.0. The summed E-state index contributed by atoms with van der Waals surface area (Å²) in [6, 6.07) is 17.8. The molecule has 0 N–H and O–H groups in total. The van der Waals surface area contributed by atoms with Crippen LogP contribution >= 0.6 is 0 Å². The number of methoxy groups -OCH3 is 1. The number of ether oxygens (including phenoxy) is 3. The molecule has 0 saturated carbocycles. The number of hydrogen-bond donors (Lipinski definition) is 0. The van der Waals surface area contributed by atoms with Crippen LogP contribution in [0, 0.1) is 11.3 Å². The van der Waals surface area contributed by atoms with E-state index in [-0.39, 0.29) is 29.1 Å². The largest absolute Gasteiger partial charge is 0.586 e. The summed E-state index contributed by atoms with van der Waals surface area (Å²) in [7, 11) is 1.47. The molecule has 1 amide bonds. The van der Waals surface area contributed by atoms with E-state index in [1.54, 1.807) is 49.4 Å². The Morgan fingerprint density at radius 2 is 1.89 bits per heavy atom. The molecule has 4 aromatic rings. The zero-order valence-corrected chi connectivity index (χ0v) is 20.3. The first kappa shape index (κ1) is 24.7. The Hall–Kier alpha value is -4.98. The Bertz CT molecular complexity index is 1680. The lowest BCUT2D eigenvalue weighted by Crippen LogP contribution is -2.37. The zero-order chi connectivity index (χ0) is 27.0. The van der Waals surface area contributed by atoms with Crippen molar-refractivity contribution in [3.05, 3.63) is 76.6 Å². The fourth-order valence-corrected chi connectivity index (χ4v) is 4.27. The number of hydrogen-bond acceptors (Lipinski definition) is 7. The highest BCUT2D eigenvalue weighted by Gasteiger charge is 2.43. The second-order valence-electron chi connectivity index (χ2n) is 8.35. The van der Waals surface area contributed by atoms with E-state index in [2.05, 4.69) is 20.6 Å². The molecule has 0 radical (unpaired) electrons. The van der Waals surface area contributed by atoms with Gasteiger partial charge in [-0.1, -0.05) is 12.1 Å². The third-order valence-corrected chi connectivity index (χ3v) is 6.03. The summed E-state index contributed by atoms with van der Waals surface area (Å²) in [6.45, 7) is 1.45. The molecule has 192 valence electrons. The Kier molecular flexibility index (Phi) is 6.16. The molecule has 11 heteroatoms. The van der Waals surface area contributed by atoms with Crippen molar-refractivity contribution in [2.45, 2.75) is 19.8 Å². The van der Waals surface area contributed by atoms with Gasteiger partial charge < -0.3 is 19.1 Å². The van der Waals surface area contributed by atoms with Crippen molar-refractivity contribution in [1.29, 1.82) is 5.26 Å². The van der Waals surface area contributed by atoms with Crippen LogP contribution in [0.25, 0.3) is 22.0 Å². The molecular weight excluding hydrogens is 498 g/mol. The van der Waals surface area contributed by atoms with Crippen LogP contribution in [0.5, 0.6) is 17.2 Å². The number of alkyl halides is 2. The van der Waals surface area contributed by atoms with Crippen LogP contribution < -0.4 is 24.7 Å². The number of rotatable bonds is 6. The summed E-state index contributed by atoms with van der Waals surface area (Å²) in [6.07, 6.45) is -3.79. The molecule has 3 aromatic carbocycles. The highest BCUT2D eigenvalue weighted by molar-refractivity contribution is 5.96. The Labute approximate surface area is 215 Å². The summed E-state index contributed by atoms with van der Waals surface area (Å²) < 4.78 is 42.2. The van der Waals surface area contributed by atoms with Gasteiger partial charge in [0.15, 0.2) is 11.5 Å². The smallest absolute Gasteiger partial charge is 0.497 e. The first-order valence-corrected chi connectivity index (χ1v) is 11.5. The van der Waals surface area contributed by atoms with E-state index in [1.807, 2.05) is 0 Å². The number of aromatic nitrogens is 2. The normalized spacial score (nSPS) is 13.2. The third-order valence-electron chi connectivity index (χ3n) is 6.03. The minimum absolute atomic E-state index is 0.146. The molecule has 9 nitrogen and oxygen atoms in total. The third kappa shape index (κ3) is 4.48. The Morgan fingerprint density at radius 3 is 2.63 bits per heavy atom. The van der Waals surface area contributed by atoms with Gasteiger partial charge in [0.1, 0.15) is 12.3 Å². The second kappa shape index (κ2) is 9.48. The van der Waals surface area contributed by atoms with E-state index < -0.39 is 24.3 Å². The Balaban J connectivity index is 1.56. The number of halogens is 2. The standard InChI is InChI=1S/C27H20F2N4O5/c1-3-32(18-7-10-22-23(12-18)38-27(28,29)37-22)24(34)15-33-26(35)21-13-19(36-2)8-9-20(21)25(31-33)17-6-4-5-16(11-17)14-30/h4-13H,3,15H2,1-2H3. The molecule has 1 aromatic heterocycles. The van der Waals surface area contributed by atoms with Crippen LogP contribution in [0.4, 0.5) is 14.5 Å². The highest BCUT2D eigenvalue weighted by atomic mass is 19.3. The van der Waals surface area contributed by atoms with Gasteiger partial charge in [-0.15, -0.1) is 8.78 Å². The van der Waals surface area contributed by atoms with Crippen LogP contribution in [-0.4, -0.2) is 35.6 Å². The Morgan fingerprint density at radius 1 is 1.11 bits per heavy atom. The molecule has 1 aliphatic rings. The summed E-state index contributed by atoms with van der Waals surface area (Å²) in [4.78, 5) is 28.1. The average Bonchev–Trinajstić information content (AvgIpc) is 3.23. The first-order valence-electron chi connectivity index (χ1n) is 11.5. The first-order chi connectivity index (χ1) is 18.2. The van der Waals surface area contributed by atoms with Crippen molar-refractivity contribution >= 4 is 22.4 Å². The number of benzene rings is 3. The summed E-state index contributed by atoms with van der Waals surface area (Å²) >= 11 is 0. The number of likely N-dealkylation sites (N-methyl/N-ethyl adjacent to an activating group) is 1. The predicted octanol–water partition coefficient (Wildman–Crippen LogP) is 4.32. The molecule has 0 saturated heterocycles. The average molecular weight is 518 g/mol. The maximum Gasteiger partial charge on any atom is 0.586 e. The van der Waals surface area contributed by atoms with Gasteiger partial charge >= 0.3 is 6.29 Å². The molecule has 1 aliphatic heterocycles. The highest BCUT2D eigenvalue weighted by Crippen LogP contribution is 2.42. The lowest BCUT2D eigenvalue weighted by molar-refractivity contribution is -0.286. The molecule has 38 heavy (non-hydrogen) atoms. The topological polar surface area (TPSA) is 107 Å². The van der Waals surface area contributed by atoms with E-state index in [4.69, 9.17) is 4.74 Å². The number of anilines is 1. The maximum atomic E-state index is 13.5.